The molecule has 0 amide bonds. The van der Waals surface area contributed by atoms with Gasteiger partial charge in [0, 0.05) is 18.2 Å². The van der Waals surface area contributed by atoms with Gasteiger partial charge < -0.3 is 19.6 Å². The Hall–Kier alpha value is -0.0131. The third-order valence-electron chi connectivity index (χ3n) is 11.1. The van der Waals surface area contributed by atoms with E-state index in [0.717, 1.165) is 51.6 Å². The van der Waals surface area contributed by atoms with Crippen LogP contribution in [0.25, 0.3) is 0 Å². The zero-order valence-corrected chi connectivity index (χ0v) is 33.1. The van der Waals surface area contributed by atoms with Gasteiger partial charge in [-0.3, -0.25) is 6.79 Å². The molecule has 1 heterocycles. The number of nitrogens with one attached hydrogen (secondary N) is 3. The average molecular weight is 691 g/mol. The van der Waals surface area contributed by atoms with Crippen molar-refractivity contribution in [1.82, 2.24) is 14.8 Å². The topological polar surface area (TPSA) is 117 Å². The third kappa shape index (κ3) is 11.0. The summed E-state index contributed by atoms with van der Waals surface area (Å²) < 4.78 is 38.2. The Kier molecular flexibility index (Phi) is 14.8. The minimum Gasteiger partial charge on any atom is -0.545 e. The smallest absolute Gasteiger partial charge is 0.192 e. The van der Waals surface area contributed by atoms with Crippen molar-refractivity contribution >= 4 is 37.1 Å². The van der Waals surface area contributed by atoms with Crippen LogP contribution in [-0.4, -0.2) is 75.5 Å². The Bertz CT molecular complexity index is 980. The highest BCUT2D eigenvalue weighted by Gasteiger charge is 2.51. The van der Waals surface area contributed by atoms with Crippen molar-refractivity contribution < 1.29 is 22.7 Å². The first-order valence-electron chi connectivity index (χ1n) is 17.3. The molecule has 0 aromatic rings. The minimum absolute atomic E-state index is 0.144. The number of aliphatic hydroxyl groups excluding tert-OH is 1. The molecule has 8 nitrogen and oxygen atoms in total. The van der Waals surface area contributed by atoms with Gasteiger partial charge in [0.2, 0.25) is 0 Å². The van der Waals surface area contributed by atoms with E-state index in [1.54, 1.807) is 0 Å². The van der Waals surface area contributed by atoms with Gasteiger partial charge >= 0.3 is 0 Å². The number of carbonyl (C=O) groups excluding carboxylic acids is 1. The monoisotopic (exact) mass is 690 g/mol. The van der Waals surface area contributed by atoms with Gasteiger partial charge in [-0.1, -0.05) is 40.0 Å². The van der Waals surface area contributed by atoms with E-state index in [1.165, 1.54) is 32.1 Å². The van der Waals surface area contributed by atoms with Gasteiger partial charge in [0.1, 0.15) is 0 Å². The van der Waals surface area contributed by atoms with E-state index in [0.29, 0.717) is 17.6 Å². The Morgan fingerprint density at radius 2 is 1.20 bits per heavy atom. The summed E-state index contributed by atoms with van der Waals surface area (Å²) in [5.74, 6) is 0. The molecule has 11 heteroatoms. The van der Waals surface area contributed by atoms with E-state index in [4.69, 9.17) is 9.22 Å². The molecular formula is C34H68N3O5S2Si-. The van der Waals surface area contributed by atoms with Gasteiger partial charge in [-0.25, -0.2) is 17.9 Å². The summed E-state index contributed by atoms with van der Waals surface area (Å²) in [6, 6.07) is 0.525. The van der Waals surface area contributed by atoms with Crippen molar-refractivity contribution in [2.45, 2.75) is 185 Å². The normalized spacial score (nSPS) is 29.8. The van der Waals surface area contributed by atoms with E-state index in [9.17, 15) is 13.5 Å². The predicted molar refractivity (Wildman–Crippen MR) is 193 cm³/mol. The Morgan fingerprint density at radius 3 is 1.64 bits per heavy atom. The van der Waals surface area contributed by atoms with Crippen LogP contribution in [0.15, 0.2) is 0 Å². The molecule has 6 atom stereocenters. The quantitative estimate of drug-likeness (QED) is 0.150. The molecule has 0 aromatic heterocycles. The van der Waals surface area contributed by atoms with Crippen LogP contribution in [0.2, 0.25) is 18.1 Å². The van der Waals surface area contributed by atoms with Crippen molar-refractivity contribution in [3.8, 4) is 0 Å². The number of piperidine rings is 1. The second-order valence-electron chi connectivity index (χ2n) is 17.7. The van der Waals surface area contributed by atoms with Crippen LogP contribution in [0.5, 0.6) is 0 Å². The van der Waals surface area contributed by atoms with E-state index in [-0.39, 0.29) is 32.1 Å². The second kappa shape index (κ2) is 16.1. The third-order valence-corrected chi connectivity index (χ3v) is 18.8. The van der Waals surface area contributed by atoms with Crippen LogP contribution < -0.4 is 14.8 Å². The SMILES string of the molecule is CC(C)(C)[S@@](=O)N[C@@H]1C[C@H](O)CC12CCNCC2.CC(C)(C)[S@@](=O)N[C@@H]1C[C@H](O[Si](C)(C)C(C)(C)C)CC12CCCCC2.[CH-]=O. The molecule has 4 aliphatic rings. The zero-order chi connectivity index (χ0) is 34.5. The molecule has 0 bridgehead atoms. The van der Waals surface area contributed by atoms with E-state index in [1.807, 2.05) is 20.8 Å². The molecule has 0 unspecified atom stereocenters. The largest absolute Gasteiger partial charge is 0.545 e. The highest BCUT2D eigenvalue weighted by atomic mass is 32.2. The number of hydrogen-bond acceptors (Lipinski definition) is 6. The van der Waals surface area contributed by atoms with Crippen LogP contribution in [0.3, 0.4) is 0 Å². The Balaban J connectivity index is 0.000000311. The van der Waals surface area contributed by atoms with Gasteiger partial charge in [0.25, 0.3) is 0 Å². The minimum atomic E-state index is -1.76. The maximum Gasteiger partial charge on any atom is 0.192 e. The lowest BCUT2D eigenvalue weighted by Crippen LogP contribution is -2.50. The van der Waals surface area contributed by atoms with Crippen molar-refractivity contribution in [3.63, 3.8) is 0 Å². The molecule has 2 spiro atoms. The highest BCUT2D eigenvalue weighted by molar-refractivity contribution is 7.84. The fourth-order valence-electron chi connectivity index (χ4n) is 7.34. The van der Waals surface area contributed by atoms with E-state index >= 15 is 0 Å². The maximum absolute atomic E-state index is 12.8. The number of rotatable bonds is 6. The molecule has 0 radical (unpaired) electrons. The molecular weight excluding hydrogens is 623 g/mol. The van der Waals surface area contributed by atoms with Crippen molar-refractivity contribution in [2.75, 3.05) is 13.1 Å². The molecule has 3 saturated carbocycles. The lowest BCUT2D eigenvalue weighted by molar-refractivity contribution is 0.131. The second-order valence-corrected chi connectivity index (χ2v) is 26.4. The average Bonchev–Trinajstić information content (AvgIpc) is 3.39. The molecule has 45 heavy (non-hydrogen) atoms. The summed E-state index contributed by atoms with van der Waals surface area (Å²) >= 11 is 0. The van der Waals surface area contributed by atoms with Crippen LogP contribution in [-0.2, 0) is 31.2 Å². The van der Waals surface area contributed by atoms with E-state index in [2.05, 4.69) is 76.2 Å². The molecule has 1 aliphatic heterocycles. The maximum atomic E-state index is 12.8. The van der Waals surface area contributed by atoms with Crippen LogP contribution in [0.1, 0.15) is 133 Å². The van der Waals surface area contributed by atoms with Crippen molar-refractivity contribution in [1.29, 1.82) is 0 Å². The zero-order valence-electron chi connectivity index (χ0n) is 30.5. The number of hydrogen-bond donors (Lipinski definition) is 4. The predicted octanol–water partition coefficient (Wildman–Crippen LogP) is 6.20. The molecule has 0 aromatic carbocycles. The molecule has 4 fully saturated rings. The fraction of sp³-hybridized carbons (Fsp3) is 0.971. The molecule has 266 valence electrons. The standard InChI is InChI=1S/C20H41NO2SSi.C13H26N2O2S.CHO/c1-18(2,3)24(22)21-17-14-16(23-25(7,8)19(4,5)6)15-20(17)12-10-9-11-13-20;1-12(2,3)18(17)15-11-8-10(16)9-13(11)4-6-14-7-5-13;1-2/h16-17,21H,9-15H2,1-8H3;10-11,14-16H,4-9H2,1-3H3;1H/q;;-1/t16-,17+,24+;10-,11+,18+;/m00./s1. The molecule has 1 saturated heterocycles. The summed E-state index contributed by atoms with van der Waals surface area (Å²) in [4.78, 5) is 7.75. The van der Waals surface area contributed by atoms with E-state index < -0.39 is 30.3 Å². The highest BCUT2D eigenvalue weighted by Crippen LogP contribution is 2.52. The molecule has 3 aliphatic carbocycles. The Labute approximate surface area is 282 Å². The van der Waals surface area contributed by atoms with Crippen LogP contribution >= 0.6 is 0 Å². The number of aliphatic hydroxyl groups is 1. The summed E-state index contributed by atoms with van der Waals surface area (Å²) in [6.07, 6.45) is 12.5. The summed E-state index contributed by atoms with van der Waals surface area (Å²) in [5.41, 5.74) is 0.442. The Morgan fingerprint density at radius 1 is 0.756 bits per heavy atom. The first kappa shape index (κ1) is 41.2. The summed E-state index contributed by atoms with van der Waals surface area (Å²) in [6.45, 7) is 29.0. The van der Waals surface area contributed by atoms with Gasteiger partial charge in [0.15, 0.2) is 8.32 Å². The van der Waals surface area contributed by atoms with Gasteiger partial charge in [-0.15, -0.1) is 0 Å². The fourth-order valence-corrected chi connectivity index (χ4v) is 10.6. The first-order chi connectivity index (χ1) is 20.6. The van der Waals surface area contributed by atoms with Crippen molar-refractivity contribution in [3.05, 3.63) is 0 Å². The van der Waals surface area contributed by atoms with Gasteiger partial charge in [-0.05, 0) is 135 Å². The summed E-state index contributed by atoms with van der Waals surface area (Å²) in [7, 11) is -3.82. The lowest BCUT2D eigenvalue weighted by atomic mass is 9.70. The first-order valence-corrected chi connectivity index (χ1v) is 22.5. The van der Waals surface area contributed by atoms with Crippen LogP contribution in [0.4, 0.5) is 0 Å². The lowest BCUT2D eigenvalue weighted by Gasteiger charge is -2.40. The van der Waals surface area contributed by atoms with Crippen LogP contribution in [0, 0.1) is 10.8 Å². The van der Waals surface area contributed by atoms with Crippen molar-refractivity contribution in [2.24, 2.45) is 10.8 Å². The summed E-state index contributed by atoms with van der Waals surface area (Å²) in [5, 5.41) is 13.6. The molecule has 4 rings (SSSR count). The van der Waals surface area contributed by atoms with Gasteiger partial charge in [0.05, 0.1) is 37.6 Å². The molecule has 4 N–H and O–H groups in total. The van der Waals surface area contributed by atoms with Gasteiger partial charge in [-0.2, -0.15) is 0 Å².